The SMILES string of the molecule is CC(O)(CNC(=O)c1ccc(Br)c(F)c1)c1ccco1. The smallest absolute Gasteiger partial charge is 0.251 e. The molecule has 1 aromatic heterocycles. The maximum Gasteiger partial charge on any atom is 0.251 e. The first-order valence-electron chi connectivity index (χ1n) is 5.90. The maximum absolute atomic E-state index is 13.3. The van der Waals surface area contributed by atoms with Crippen molar-refractivity contribution in [1.82, 2.24) is 5.32 Å². The van der Waals surface area contributed by atoms with Gasteiger partial charge in [-0.15, -0.1) is 0 Å². The highest BCUT2D eigenvalue weighted by atomic mass is 79.9. The van der Waals surface area contributed by atoms with Crippen LogP contribution >= 0.6 is 15.9 Å². The standard InChI is InChI=1S/C14H13BrFNO3/c1-14(19,12-3-2-6-20-12)8-17-13(18)9-4-5-10(15)11(16)7-9/h2-7,19H,8H2,1H3,(H,17,18). The van der Waals surface area contributed by atoms with E-state index in [9.17, 15) is 14.3 Å². The van der Waals surface area contributed by atoms with Crippen LogP contribution in [0.15, 0.2) is 45.5 Å². The Balaban J connectivity index is 2.03. The van der Waals surface area contributed by atoms with Crippen LogP contribution in [-0.4, -0.2) is 17.6 Å². The van der Waals surface area contributed by atoms with E-state index in [0.29, 0.717) is 5.76 Å². The lowest BCUT2D eigenvalue weighted by atomic mass is 10.0. The number of hydrogen-bond donors (Lipinski definition) is 2. The molecule has 2 aromatic rings. The zero-order valence-corrected chi connectivity index (χ0v) is 12.3. The molecule has 106 valence electrons. The van der Waals surface area contributed by atoms with Gasteiger partial charge in [0.05, 0.1) is 17.3 Å². The Morgan fingerprint density at radius 1 is 1.50 bits per heavy atom. The Morgan fingerprint density at radius 2 is 2.25 bits per heavy atom. The molecule has 20 heavy (non-hydrogen) atoms. The second-order valence-electron chi connectivity index (χ2n) is 4.56. The van der Waals surface area contributed by atoms with E-state index in [1.165, 1.54) is 25.3 Å². The molecule has 0 aliphatic carbocycles. The van der Waals surface area contributed by atoms with Gasteiger partial charge in [-0.1, -0.05) is 0 Å². The third kappa shape index (κ3) is 3.26. The molecule has 0 fully saturated rings. The van der Waals surface area contributed by atoms with Crippen molar-refractivity contribution in [2.24, 2.45) is 0 Å². The van der Waals surface area contributed by atoms with Gasteiger partial charge in [0.15, 0.2) is 0 Å². The van der Waals surface area contributed by atoms with Gasteiger partial charge >= 0.3 is 0 Å². The van der Waals surface area contributed by atoms with Gasteiger partial charge in [-0.05, 0) is 53.2 Å². The summed E-state index contributed by atoms with van der Waals surface area (Å²) in [5.74, 6) is -0.640. The number of benzene rings is 1. The molecule has 2 N–H and O–H groups in total. The molecule has 1 heterocycles. The van der Waals surface area contributed by atoms with Crippen LogP contribution in [0, 0.1) is 5.82 Å². The average Bonchev–Trinajstić information content (AvgIpc) is 2.94. The monoisotopic (exact) mass is 341 g/mol. The molecule has 0 aliphatic heterocycles. The van der Waals surface area contributed by atoms with Crippen LogP contribution < -0.4 is 5.32 Å². The van der Waals surface area contributed by atoms with E-state index < -0.39 is 17.3 Å². The first-order valence-corrected chi connectivity index (χ1v) is 6.69. The summed E-state index contributed by atoms with van der Waals surface area (Å²) < 4.78 is 18.7. The zero-order valence-electron chi connectivity index (χ0n) is 10.7. The number of carbonyl (C=O) groups is 1. The minimum atomic E-state index is -1.33. The van der Waals surface area contributed by atoms with Crippen LogP contribution in [0.25, 0.3) is 0 Å². The van der Waals surface area contributed by atoms with Crippen LogP contribution in [0.2, 0.25) is 0 Å². The molecular weight excluding hydrogens is 329 g/mol. The molecule has 1 unspecified atom stereocenters. The molecule has 0 bridgehead atoms. The Labute approximate surface area is 123 Å². The zero-order chi connectivity index (χ0) is 14.8. The molecule has 1 aromatic carbocycles. The summed E-state index contributed by atoms with van der Waals surface area (Å²) in [6.45, 7) is 1.48. The van der Waals surface area contributed by atoms with Crippen LogP contribution in [0.1, 0.15) is 23.0 Å². The van der Waals surface area contributed by atoms with Crippen LogP contribution in [-0.2, 0) is 5.60 Å². The number of rotatable bonds is 4. The van der Waals surface area contributed by atoms with Crippen molar-refractivity contribution in [2.75, 3.05) is 6.54 Å². The third-order valence-corrected chi connectivity index (χ3v) is 3.47. The highest BCUT2D eigenvalue weighted by molar-refractivity contribution is 9.10. The normalized spacial score (nSPS) is 13.8. The predicted molar refractivity (Wildman–Crippen MR) is 74.7 cm³/mol. The van der Waals surface area contributed by atoms with Crippen molar-refractivity contribution in [1.29, 1.82) is 0 Å². The van der Waals surface area contributed by atoms with E-state index in [1.807, 2.05) is 0 Å². The number of carbonyl (C=O) groups excluding carboxylic acids is 1. The second kappa shape index (κ2) is 5.76. The fourth-order valence-electron chi connectivity index (χ4n) is 1.66. The Kier molecular flexibility index (Phi) is 4.25. The molecule has 0 spiro atoms. The fraction of sp³-hybridized carbons (Fsp3) is 0.214. The van der Waals surface area contributed by atoms with Gasteiger partial charge in [-0.25, -0.2) is 4.39 Å². The van der Waals surface area contributed by atoms with E-state index in [0.717, 1.165) is 6.07 Å². The lowest BCUT2D eigenvalue weighted by Crippen LogP contribution is -2.38. The van der Waals surface area contributed by atoms with Gasteiger partial charge in [0.25, 0.3) is 5.91 Å². The molecule has 0 radical (unpaired) electrons. The largest absolute Gasteiger partial charge is 0.466 e. The van der Waals surface area contributed by atoms with E-state index in [2.05, 4.69) is 21.2 Å². The number of amides is 1. The van der Waals surface area contributed by atoms with Gasteiger partial charge in [-0.3, -0.25) is 4.79 Å². The third-order valence-electron chi connectivity index (χ3n) is 2.83. The highest BCUT2D eigenvalue weighted by Gasteiger charge is 2.27. The number of halogens is 2. The summed E-state index contributed by atoms with van der Waals surface area (Å²) in [6.07, 6.45) is 1.44. The van der Waals surface area contributed by atoms with Gasteiger partial charge in [0.1, 0.15) is 17.2 Å². The Morgan fingerprint density at radius 3 is 2.85 bits per heavy atom. The first-order chi connectivity index (χ1) is 9.40. The summed E-state index contributed by atoms with van der Waals surface area (Å²) in [7, 11) is 0. The van der Waals surface area contributed by atoms with Gasteiger partial charge in [0.2, 0.25) is 0 Å². The molecule has 1 atom stereocenters. The molecule has 1 amide bonds. The minimum Gasteiger partial charge on any atom is -0.466 e. The first kappa shape index (κ1) is 14.7. The molecular formula is C14H13BrFNO3. The lowest BCUT2D eigenvalue weighted by molar-refractivity contribution is 0.0330. The molecule has 2 rings (SSSR count). The summed E-state index contributed by atoms with van der Waals surface area (Å²) >= 11 is 3.02. The molecule has 0 saturated carbocycles. The van der Waals surface area contributed by atoms with Crippen molar-refractivity contribution in [3.63, 3.8) is 0 Å². The quantitative estimate of drug-likeness (QED) is 0.898. The average molecular weight is 342 g/mol. The summed E-state index contributed by atoms with van der Waals surface area (Å²) in [4.78, 5) is 11.9. The second-order valence-corrected chi connectivity index (χ2v) is 5.42. The highest BCUT2D eigenvalue weighted by Crippen LogP contribution is 2.20. The van der Waals surface area contributed by atoms with Crippen molar-refractivity contribution >= 4 is 21.8 Å². The molecule has 0 aliphatic rings. The molecule has 4 nitrogen and oxygen atoms in total. The van der Waals surface area contributed by atoms with Crippen LogP contribution in [0.5, 0.6) is 0 Å². The van der Waals surface area contributed by atoms with E-state index >= 15 is 0 Å². The van der Waals surface area contributed by atoms with Gasteiger partial charge < -0.3 is 14.8 Å². The molecule has 6 heteroatoms. The number of aliphatic hydroxyl groups is 1. The van der Waals surface area contributed by atoms with Gasteiger partial charge in [-0.2, -0.15) is 0 Å². The maximum atomic E-state index is 13.3. The molecule has 0 saturated heterocycles. The number of furan rings is 1. The number of hydrogen-bond acceptors (Lipinski definition) is 3. The van der Waals surface area contributed by atoms with E-state index in [1.54, 1.807) is 12.1 Å². The lowest BCUT2D eigenvalue weighted by Gasteiger charge is -2.21. The number of nitrogens with one attached hydrogen (secondary N) is 1. The van der Waals surface area contributed by atoms with Gasteiger partial charge in [0, 0.05) is 5.56 Å². The van der Waals surface area contributed by atoms with Crippen molar-refractivity contribution in [3.8, 4) is 0 Å². The Bertz CT molecular complexity index is 611. The Hall–Kier alpha value is -1.66. The minimum absolute atomic E-state index is 0.0446. The topological polar surface area (TPSA) is 62.5 Å². The van der Waals surface area contributed by atoms with E-state index in [-0.39, 0.29) is 16.6 Å². The van der Waals surface area contributed by atoms with Crippen LogP contribution in [0.3, 0.4) is 0 Å². The van der Waals surface area contributed by atoms with E-state index in [4.69, 9.17) is 4.42 Å². The van der Waals surface area contributed by atoms with Crippen LogP contribution in [0.4, 0.5) is 4.39 Å². The van der Waals surface area contributed by atoms with Crippen molar-refractivity contribution < 1.29 is 18.7 Å². The van der Waals surface area contributed by atoms with Crippen molar-refractivity contribution in [2.45, 2.75) is 12.5 Å². The summed E-state index contributed by atoms with van der Waals surface area (Å²) in [5, 5.41) is 12.7. The predicted octanol–water partition coefficient (Wildman–Crippen LogP) is 2.82. The fourth-order valence-corrected chi connectivity index (χ4v) is 1.91. The van der Waals surface area contributed by atoms with Crippen molar-refractivity contribution in [3.05, 3.63) is 58.2 Å². The summed E-state index contributed by atoms with van der Waals surface area (Å²) in [6, 6.07) is 7.33. The summed E-state index contributed by atoms with van der Waals surface area (Å²) in [5.41, 5.74) is -1.14.